The van der Waals surface area contributed by atoms with E-state index in [1.54, 1.807) is 0 Å². The molecule has 1 unspecified atom stereocenters. The van der Waals surface area contributed by atoms with Crippen LogP contribution in [0.4, 0.5) is 5.69 Å². The highest BCUT2D eigenvalue weighted by atomic mass is 16.6. The number of benzene rings is 1. The summed E-state index contributed by atoms with van der Waals surface area (Å²) in [5.41, 5.74) is -0.0781. The Morgan fingerprint density at radius 3 is 2.40 bits per heavy atom. The van der Waals surface area contributed by atoms with E-state index in [9.17, 15) is 24.5 Å². The number of hydrogen-bond acceptors (Lipinski definition) is 6. The Morgan fingerprint density at radius 2 is 1.90 bits per heavy atom. The average Bonchev–Trinajstić information content (AvgIpc) is 2.38. The van der Waals surface area contributed by atoms with Gasteiger partial charge in [-0.25, -0.2) is 0 Å². The molecular weight excluding hydrogens is 266 g/mol. The van der Waals surface area contributed by atoms with Gasteiger partial charge in [0.15, 0.2) is 17.5 Å². The first-order valence-corrected chi connectivity index (χ1v) is 5.71. The van der Waals surface area contributed by atoms with Crippen LogP contribution in [-0.4, -0.2) is 29.6 Å². The van der Waals surface area contributed by atoms with Crippen molar-refractivity contribution in [3.05, 3.63) is 39.9 Å². The second-order valence-corrected chi connectivity index (χ2v) is 4.10. The van der Waals surface area contributed by atoms with E-state index in [1.165, 1.54) is 24.3 Å². The van der Waals surface area contributed by atoms with Gasteiger partial charge in [0.25, 0.3) is 5.69 Å². The third-order valence-electron chi connectivity index (χ3n) is 2.72. The maximum atomic E-state index is 12.0. The van der Waals surface area contributed by atoms with Gasteiger partial charge in [-0.3, -0.25) is 24.5 Å². The fourth-order valence-corrected chi connectivity index (χ4v) is 1.77. The molecule has 1 rings (SSSR count). The van der Waals surface area contributed by atoms with E-state index >= 15 is 0 Å². The van der Waals surface area contributed by atoms with Crippen LogP contribution in [0.3, 0.4) is 0 Å². The topological polar surface area (TPSA) is 104 Å². The van der Waals surface area contributed by atoms with Crippen LogP contribution >= 0.6 is 0 Å². The Hall–Kier alpha value is -2.57. The summed E-state index contributed by atoms with van der Waals surface area (Å²) in [5, 5.41) is 10.8. The Labute approximate surface area is 114 Å². The summed E-state index contributed by atoms with van der Waals surface area (Å²) in [7, 11) is 1.07. The summed E-state index contributed by atoms with van der Waals surface area (Å²) in [6, 6.07) is 5.67. The molecule has 0 radical (unpaired) electrons. The summed E-state index contributed by atoms with van der Waals surface area (Å²) in [5.74, 6) is -3.88. The van der Waals surface area contributed by atoms with Crippen LogP contribution in [0, 0.1) is 16.0 Å². The molecule has 1 aromatic carbocycles. The third-order valence-corrected chi connectivity index (χ3v) is 2.72. The van der Waals surface area contributed by atoms with Crippen LogP contribution in [0.1, 0.15) is 12.5 Å². The van der Waals surface area contributed by atoms with Crippen molar-refractivity contribution in [2.45, 2.75) is 13.3 Å². The molecular formula is C13H13NO6. The molecule has 0 saturated heterocycles. The molecule has 0 spiro atoms. The second kappa shape index (κ2) is 6.55. The summed E-state index contributed by atoms with van der Waals surface area (Å²) in [6.07, 6.45) is -0.378. The van der Waals surface area contributed by atoms with Crippen molar-refractivity contribution in [3.8, 4) is 0 Å². The van der Waals surface area contributed by atoms with Gasteiger partial charge in [0.1, 0.15) is 0 Å². The minimum absolute atomic E-state index is 0.151. The number of nitrogens with zero attached hydrogens (tertiary/aromatic N) is 1. The normalized spacial score (nSPS) is 11.5. The van der Waals surface area contributed by atoms with Crippen molar-refractivity contribution in [2.24, 2.45) is 5.92 Å². The van der Waals surface area contributed by atoms with Gasteiger partial charge in [0, 0.05) is 18.1 Å². The molecule has 0 amide bonds. The summed E-state index contributed by atoms with van der Waals surface area (Å²) >= 11 is 0. The van der Waals surface area contributed by atoms with E-state index in [2.05, 4.69) is 4.74 Å². The fourth-order valence-electron chi connectivity index (χ4n) is 1.77. The first kappa shape index (κ1) is 15.5. The zero-order valence-electron chi connectivity index (χ0n) is 11.0. The van der Waals surface area contributed by atoms with Crippen LogP contribution in [-0.2, 0) is 25.5 Å². The Kier molecular flexibility index (Phi) is 5.08. The van der Waals surface area contributed by atoms with Crippen molar-refractivity contribution < 1.29 is 24.0 Å². The molecule has 0 saturated carbocycles. The standard InChI is InChI=1S/C13H13NO6/c1-8(15)12(13(17)20-2)11(16)7-9-5-3-4-6-10(9)14(18)19/h3-6,12H,7H2,1-2H3. The Morgan fingerprint density at radius 1 is 1.30 bits per heavy atom. The highest BCUT2D eigenvalue weighted by Gasteiger charge is 2.32. The van der Waals surface area contributed by atoms with Gasteiger partial charge in [-0.2, -0.15) is 0 Å². The maximum Gasteiger partial charge on any atom is 0.323 e. The van der Waals surface area contributed by atoms with Gasteiger partial charge in [0.2, 0.25) is 0 Å². The van der Waals surface area contributed by atoms with Crippen LogP contribution < -0.4 is 0 Å². The lowest BCUT2D eigenvalue weighted by atomic mass is 9.94. The van der Waals surface area contributed by atoms with E-state index in [-0.39, 0.29) is 17.7 Å². The lowest BCUT2D eigenvalue weighted by Crippen LogP contribution is -2.32. The lowest BCUT2D eigenvalue weighted by Gasteiger charge is -2.10. The number of carbonyl (C=O) groups is 3. The molecule has 20 heavy (non-hydrogen) atoms. The highest BCUT2D eigenvalue weighted by molar-refractivity contribution is 6.17. The molecule has 0 N–H and O–H groups in total. The molecule has 0 fully saturated rings. The van der Waals surface area contributed by atoms with Crippen LogP contribution in [0.2, 0.25) is 0 Å². The van der Waals surface area contributed by atoms with E-state index in [4.69, 9.17) is 0 Å². The molecule has 1 aromatic rings. The van der Waals surface area contributed by atoms with Crippen LogP contribution in [0.25, 0.3) is 0 Å². The number of ketones is 2. The average molecular weight is 279 g/mol. The van der Waals surface area contributed by atoms with Gasteiger partial charge < -0.3 is 4.74 Å². The number of esters is 1. The third kappa shape index (κ3) is 3.47. The molecule has 1 atom stereocenters. The molecule has 0 aliphatic carbocycles. The van der Waals surface area contributed by atoms with E-state index in [0.29, 0.717) is 0 Å². The van der Waals surface area contributed by atoms with Crippen molar-refractivity contribution in [1.82, 2.24) is 0 Å². The molecule has 0 aliphatic heterocycles. The second-order valence-electron chi connectivity index (χ2n) is 4.10. The van der Waals surface area contributed by atoms with Gasteiger partial charge in [0.05, 0.1) is 12.0 Å². The number of nitro benzene ring substituents is 1. The minimum Gasteiger partial charge on any atom is -0.468 e. The predicted octanol–water partition coefficient (Wildman–Crippen LogP) is 1.08. The molecule has 0 heterocycles. The van der Waals surface area contributed by atoms with Crippen molar-refractivity contribution in [3.63, 3.8) is 0 Å². The number of nitro groups is 1. The van der Waals surface area contributed by atoms with Gasteiger partial charge in [-0.15, -0.1) is 0 Å². The number of rotatable bonds is 6. The zero-order valence-corrected chi connectivity index (χ0v) is 11.0. The van der Waals surface area contributed by atoms with Gasteiger partial charge in [-0.1, -0.05) is 18.2 Å². The van der Waals surface area contributed by atoms with Crippen molar-refractivity contribution in [1.29, 1.82) is 0 Å². The molecule has 0 aliphatic rings. The molecule has 106 valence electrons. The number of carbonyl (C=O) groups excluding carboxylic acids is 3. The minimum atomic E-state index is -1.54. The summed E-state index contributed by atoms with van der Waals surface area (Å²) in [6.45, 7) is 1.10. The van der Waals surface area contributed by atoms with Crippen LogP contribution in [0.5, 0.6) is 0 Å². The maximum absolute atomic E-state index is 12.0. The van der Waals surface area contributed by atoms with E-state index in [0.717, 1.165) is 14.0 Å². The molecule has 7 heteroatoms. The summed E-state index contributed by atoms with van der Waals surface area (Å²) in [4.78, 5) is 44.9. The number of para-hydroxylation sites is 1. The number of ether oxygens (including phenoxy) is 1. The first-order chi connectivity index (χ1) is 9.38. The lowest BCUT2D eigenvalue weighted by molar-refractivity contribution is -0.385. The van der Waals surface area contributed by atoms with Gasteiger partial charge >= 0.3 is 5.97 Å². The monoisotopic (exact) mass is 279 g/mol. The van der Waals surface area contributed by atoms with Gasteiger partial charge in [-0.05, 0) is 6.92 Å². The van der Waals surface area contributed by atoms with Crippen LogP contribution in [0.15, 0.2) is 24.3 Å². The largest absolute Gasteiger partial charge is 0.468 e. The summed E-state index contributed by atoms with van der Waals surface area (Å²) < 4.78 is 4.40. The van der Waals surface area contributed by atoms with Crippen molar-refractivity contribution >= 4 is 23.2 Å². The predicted molar refractivity (Wildman–Crippen MR) is 68.0 cm³/mol. The first-order valence-electron chi connectivity index (χ1n) is 5.71. The SMILES string of the molecule is COC(=O)C(C(C)=O)C(=O)Cc1ccccc1[N+](=O)[O-]. The Bertz CT molecular complexity index is 566. The van der Waals surface area contributed by atoms with Crippen molar-refractivity contribution in [2.75, 3.05) is 7.11 Å². The highest BCUT2D eigenvalue weighted by Crippen LogP contribution is 2.20. The quantitative estimate of drug-likeness (QED) is 0.334. The molecule has 7 nitrogen and oxygen atoms in total. The van der Waals surface area contributed by atoms with E-state index < -0.39 is 28.4 Å². The molecule has 0 bridgehead atoms. The smallest absolute Gasteiger partial charge is 0.323 e. The number of Topliss-reactive ketones (excluding diaryl/α,β-unsaturated/α-hetero) is 2. The van der Waals surface area contributed by atoms with E-state index in [1.807, 2.05) is 0 Å². The number of hydrogen-bond donors (Lipinski definition) is 0. The fraction of sp³-hybridized carbons (Fsp3) is 0.308. The zero-order chi connectivity index (χ0) is 15.3. The Balaban J connectivity index is 3.03. The molecule has 0 aromatic heterocycles. The number of methoxy groups -OCH3 is 1.